The van der Waals surface area contributed by atoms with Crippen molar-refractivity contribution >= 4 is 17.9 Å². The molecule has 0 amide bonds. The summed E-state index contributed by atoms with van der Waals surface area (Å²) in [5.74, 6) is -1.01. The molecular weight excluding hydrogens is 877 g/mol. The van der Waals surface area contributed by atoms with Gasteiger partial charge in [0.2, 0.25) is 0 Å². The maximum absolute atomic E-state index is 12.9. The highest BCUT2D eigenvalue weighted by Gasteiger charge is 2.19. The molecule has 0 aliphatic carbocycles. The van der Waals surface area contributed by atoms with Crippen molar-refractivity contribution < 1.29 is 28.6 Å². The molecule has 406 valence electrons. The average Bonchev–Trinajstić information content (AvgIpc) is 3.37. The SMILES string of the molecule is CC/C=C\C/C=C\C/C=C\C/C=C\C/C=C\CCC(=O)OCC(COC(=O)CCCCCCCCCCCCCCCCCCCCC)OC(=O)CCCCCCC\C=C/C=C\C=C/CCCCCCC. The first-order chi connectivity index (χ1) is 35.0. The Morgan fingerprint density at radius 1 is 0.310 bits per heavy atom. The zero-order chi connectivity index (χ0) is 51.4. The lowest BCUT2D eigenvalue weighted by molar-refractivity contribution is -0.166. The molecule has 71 heavy (non-hydrogen) atoms. The third-order valence-corrected chi connectivity index (χ3v) is 12.6. The van der Waals surface area contributed by atoms with Gasteiger partial charge in [-0.05, 0) is 77.0 Å². The van der Waals surface area contributed by atoms with Gasteiger partial charge in [-0.3, -0.25) is 14.4 Å². The van der Waals surface area contributed by atoms with Crippen LogP contribution in [0, 0.1) is 0 Å². The minimum Gasteiger partial charge on any atom is -0.462 e. The third kappa shape index (κ3) is 57.1. The topological polar surface area (TPSA) is 78.9 Å². The zero-order valence-electron chi connectivity index (χ0n) is 46.5. The van der Waals surface area contributed by atoms with Crippen molar-refractivity contribution in [3.05, 3.63) is 97.2 Å². The number of ether oxygens (including phenoxy) is 3. The van der Waals surface area contributed by atoms with Gasteiger partial charge < -0.3 is 14.2 Å². The number of hydrogen-bond acceptors (Lipinski definition) is 6. The molecule has 0 aliphatic rings. The molecule has 0 aliphatic heterocycles. The molecule has 0 rings (SSSR count). The fourth-order valence-corrected chi connectivity index (χ4v) is 8.20. The van der Waals surface area contributed by atoms with Crippen LogP contribution in [0.4, 0.5) is 0 Å². The van der Waals surface area contributed by atoms with Crippen molar-refractivity contribution in [2.45, 2.75) is 284 Å². The highest BCUT2D eigenvalue weighted by molar-refractivity contribution is 5.71. The van der Waals surface area contributed by atoms with Crippen LogP contribution in [0.1, 0.15) is 278 Å². The van der Waals surface area contributed by atoms with E-state index in [2.05, 4.69) is 112 Å². The predicted octanol–water partition coefficient (Wildman–Crippen LogP) is 20.1. The number of hydrogen-bond donors (Lipinski definition) is 0. The van der Waals surface area contributed by atoms with E-state index in [9.17, 15) is 14.4 Å². The Bertz CT molecular complexity index is 1410. The molecule has 1 atom stereocenters. The number of unbranched alkanes of at least 4 members (excludes halogenated alkanes) is 28. The molecular formula is C65H110O6. The van der Waals surface area contributed by atoms with Crippen LogP contribution >= 0.6 is 0 Å². The highest BCUT2D eigenvalue weighted by Crippen LogP contribution is 2.16. The van der Waals surface area contributed by atoms with Crippen molar-refractivity contribution in [3.63, 3.8) is 0 Å². The monoisotopic (exact) mass is 987 g/mol. The normalized spacial score (nSPS) is 12.8. The largest absolute Gasteiger partial charge is 0.462 e. The summed E-state index contributed by atoms with van der Waals surface area (Å²) in [7, 11) is 0. The molecule has 0 bridgehead atoms. The first-order valence-electron chi connectivity index (χ1n) is 29.8. The summed E-state index contributed by atoms with van der Waals surface area (Å²) in [5, 5.41) is 0. The molecule has 6 heteroatoms. The molecule has 0 aromatic heterocycles. The first kappa shape index (κ1) is 67.3. The molecule has 0 N–H and O–H groups in total. The van der Waals surface area contributed by atoms with Crippen molar-refractivity contribution in [2.24, 2.45) is 0 Å². The van der Waals surface area contributed by atoms with Gasteiger partial charge in [-0.15, -0.1) is 0 Å². The van der Waals surface area contributed by atoms with Crippen LogP contribution in [0.2, 0.25) is 0 Å². The second-order valence-corrected chi connectivity index (χ2v) is 19.6. The number of allylic oxidation sites excluding steroid dienone is 16. The van der Waals surface area contributed by atoms with Gasteiger partial charge in [0.05, 0.1) is 0 Å². The first-order valence-corrected chi connectivity index (χ1v) is 29.8. The van der Waals surface area contributed by atoms with Crippen LogP contribution in [0.15, 0.2) is 97.2 Å². The maximum Gasteiger partial charge on any atom is 0.306 e. The van der Waals surface area contributed by atoms with Crippen molar-refractivity contribution in [3.8, 4) is 0 Å². The summed E-state index contributed by atoms with van der Waals surface area (Å²) >= 11 is 0. The third-order valence-electron chi connectivity index (χ3n) is 12.6. The lowest BCUT2D eigenvalue weighted by atomic mass is 10.0. The van der Waals surface area contributed by atoms with E-state index < -0.39 is 6.10 Å². The molecule has 0 aromatic rings. The molecule has 1 unspecified atom stereocenters. The van der Waals surface area contributed by atoms with Crippen molar-refractivity contribution in [1.29, 1.82) is 0 Å². The minimum absolute atomic E-state index is 0.107. The van der Waals surface area contributed by atoms with E-state index in [1.165, 1.54) is 135 Å². The zero-order valence-corrected chi connectivity index (χ0v) is 46.5. The summed E-state index contributed by atoms with van der Waals surface area (Å²) in [5.41, 5.74) is 0. The van der Waals surface area contributed by atoms with Gasteiger partial charge in [-0.25, -0.2) is 0 Å². The number of esters is 3. The van der Waals surface area contributed by atoms with Crippen molar-refractivity contribution in [1.82, 2.24) is 0 Å². The van der Waals surface area contributed by atoms with E-state index in [4.69, 9.17) is 14.2 Å². The summed E-state index contributed by atoms with van der Waals surface area (Å²) in [6.07, 6.45) is 78.4. The van der Waals surface area contributed by atoms with Crippen LogP contribution in [-0.2, 0) is 28.6 Å². The van der Waals surface area contributed by atoms with E-state index in [1.807, 2.05) is 6.08 Å². The standard InChI is InChI=1S/C65H110O6/c1-4-7-10-13-16-19-22-25-28-31-33-35-37-40-43-46-49-52-55-58-64(67)70-61-62(60-69-63(66)57-54-51-48-45-42-39-36-30-27-24-21-18-15-12-9-6-3)71-65(68)59-56-53-50-47-44-41-38-34-32-29-26-23-20-17-14-11-8-5-2/h9,12,18,21,23,26-27,29-30,32,34,38-39,42,48,51,62H,4-8,10-11,13-17,19-20,22,24-25,28,31,33,35-37,40-41,43-47,49-50,52-61H2,1-3H3/b12-9-,21-18-,26-23-,30-27-,32-29-,38-34-,42-39-,51-48-. The van der Waals surface area contributed by atoms with Gasteiger partial charge in [-0.2, -0.15) is 0 Å². The Balaban J connectivity index is 4.49. The summed E-state index contributed by atoms with van der Waals surface area (Å²) < 4.78 is 16.8. The van der Waals surface area contributed by atoms with Gasteiger partial charge >= 0.3 is 17.9 Å². The second-order valence-electron chi connectivity index (χ2n) is 19.6. The molecule has 0 heterocycles. The Kier molecular flexibility index (Phi) is 55.9. The molecule has 0 spiro atoms. The lowest BCUT2D eigenvalue weighted by Crippen LogP contribution is -2.30. The summed E-state index contributed by atoms with van der Waals surface area (Å²) in [6.45, 7) is 6.45. The lowest BCUT2D eigenvalue weighted by Gasteiger charge is -2.18. The fourth-order valence-electron chi connectivity index (χ4n) is 8.20. The van der Waals surface area contributed by atoms with Crippen LogP contribution in [-0.4, -0.2) is 37.2 Å². The average molecular weight is 988 g/mol. The molecule has 0 fully saturated rings. The highest BCUT2D eigenvalue weighted by atomic mass is 16.6. The number of rotatable bonds is 53. The Hall–Kier alpha value is -3.67. The molecule has 0 radical (unpaired) electrons. The van der Waals surface area contributed by atoms with Gasteiger partial charge in [0, 0.05) is 19.3 Å². The Labute approximate surface area is 438 Å². The van der Waals surface area contributed by atoms with Crippen molar-refractivity contribution in [2.75, 3.05) is 13.2 Å². The molecule has 6 nitrogen and oxygen atoms in total. The quantitative estimate of drug-likeness (QED) is 0.0199. The van der Waals surface area contributed by atoms with Crippen LogP contribution in [0.5, 0.6) is 0 Å². The second kappa shape index (κ2) is 58.9. The molecule has 0 saturated carbocycles. The van der Waals surface area contributed by atoms with E-state index in [0.29, 0.717) is 19.3 Å². The van der Waals surface area contributed by atoms with E-state index in [-0.39, 0.29) is 37.5 Å². The van der Waals surface area contributed by atoms with Gasteiger partial charge in [0.1, 0.15) is 13.2 Å². The van der Waals surface area contributed by atoms with E-state index >= 15 is 0 Å². The number of carbonyl (C=O) groups excluding carboxylic acids is 3. The molecule has 0 aromatic carbocycles. The fraction of sp³-hybridized carbons (Fsp3) is 0.708. The predicted molar refractivity (Wildman–Crippen MR) is 307 cm³/mol. The smallest absolute Gasteiger partial charge is 0.306 e. The Morgan fingerprint density at radius 3 is 1.03 bits per heavy atom. The van der Waals surface area contributed by atoms with Crippen LogP contribution in [0.3, 0.4) is 0 Å². The minimum atomic E-state index is -0.818. The van der Waals surface area contributed by atoms with E-state index in [1.54, 1.807) is 0 Å². The number of carbonyl (C=O) groups is 3. The maximum atomic E-state index is 12.9. The van der Waals surface area contributed by atoms with E-state index in [0.717, 1.165) is 96.3 Å². The molecule has 0 saturated heterocycles. The van der Waals surface area contributed by atoms with Gasteiger partial charge in [0.15, 0.2) is 6.10 Å². The van der Waals surface area contributed by atoms with Gasteiger partial charge in [-0.1, -0.05) is 279 Å². The van der Waals surface area contributed by atoms with Crippen LogP contribution < -0.4 is 0 Å². The van der Waals surface area contributed by atoms with Crippen LogP contribution in [0.25, 0.3) is 0 Å². The summed E-state index contributed by atoms with van der Waals surface area (Å²) in [4.78, 5) is 38.2. The summed E-state index contributed by atoms with van der Waals surface area (Å²) in [6, 6.07) is 0. The Morgan fingerprint density at radius 2 is 0.634 bits per heavy atom. The van der Waals surface area contributed by atoms with Gasteiger partial charge in [0.25, 0.3) is 0 Å².